The van der Waals surface area contributed by atoms with Crippen molar-refractivity contribution in [3.8, 4) is 6.07 Å². The van der Waals surface area contributed by atoms with Gasteiger partial charge in [-0.05, 0) is 36.8 Å². The number of carbonyl (C=O) groups excluding carboxylic acids is 1. The van der Waals surface area contributed by atoms with E-state index >= 15 is 0 Å². The van der Waals surface area contributed by atoms with Gasteiger partial charge in [-0.2, -0.15) is 9.65 Å². The minimum absolute atomic E-state index is 0.263. The van der Waals surface area contributed by atoms with Crippen LogP contribution in [0, 0.1) is 17.3 Å². The average Bonchev–Trinajstić information content (AvgIpc) is 2.47. The smallest absolute Gasteiger partial charge is 0.253 e. The Bertz CT molecular complexity index is 662. The summed E-state index contributed by atoms with van der Waals surface area (Å²) in [7, 11) is 0. The molecule has 1 aromatic carbocycles. The van der Waals surface area contributed by atoms with Crippen LogP contribution < -0.4 is 5.32 Å². The van der Waals surface area contributed by atoms with Crippen molar-refractivity contribution in [2.75, 3.05) is 0 Å². The largest absolute Gasteiger partial charge is 0.345 e. The van der Waals surface area contributed by atoms with Gasteiger partial charge in [0, 0.05) is 6.20 Å². The van der Waals surface area contributed by atoms with Gasteiger partial charge in [0.1, 0.15) is 0 Å². The van der Waals surface area contributed by atoms with Gasteiger partial charge in [-0.15, -0.1) is 0 Å². The first kappa shape index (κ1) is 13.7. The van der Waals surface area contributed by atoms with Crippen LogP contribution in [0.4, 0.5) is 4.39 Å². The van der Waals surface area contributed by atoms with Crippen LogP contribution in [0.3, 0.4) is 0 Å². The molecule has 0 unspecified atom stereocenters. The van der Waals surface area contributed by atoms with Crippen LogP contribution in [0.15, 0.2) is 42.6 Å². The zero-order valence-electron chi connectivity index (χ0n) is 10.8. The quantitative estimate of drug-likeness (QED) is 0.871. The zero-order valence-corrected chi connectivity index (χ0v) is 10.8. The summed E-state index contributed by atoms with van der Waals surface area (Å²) in [5.74, 6) is -0.969. The van der Waals surface area contributed by atoms with Crippen molar-refractivity contribution in [2.45, 2.75) is 13.0 Å². The molecule has 0 aliphatic heterocycles. The third-order valence-corrected chi connectivity index (χ3v) is 2.85. The van der Waals surface area contributed by atoms with E-state index in [0.29, 0.717) is 5.56 Å². The molecular weight excluding hydrogens is 257 g/mol. The Morgan fingerprint density at radius 1 is 1.40 bits per heavy atom. The van der Waals surface area contributed by atoms with Crippen molar-refractivity contribution in [1.29, 1.82) is 5.26 Å². The van der Waals surface area contributed by atoms with E-state index in [1.54, 1.807) is 18.2 Å². The second-order valence-corrected chi connectivity index (χ2v) is 4.30. The molecule has 2 rings (SSSR count). The van der Waals surface area contributed by atoms with Crippen molar-refractivity contribution >= 4 is 5.91 Å². The molecule has 1 N–H and O–H groups in total. The third kappa shape index (κ3) is 3.18. The fraction of sp³-hybridized carbons (Fsp3) is 0.133. The van der Waals surface area contributed by atoms with Gasteiger partial charge in [-0.1, -0.05) is 12.1 Å². The molecule has 1 amide bonds. The van der Waals surface area contributed by atoms with Crippen molar-refractivity contribution in [3.05, 3.63) is 65.2 Å². The lowest BCUT2D eigenvalue weighted by Gasteiger charge is -2.14. The van der Waals surface area contributed by atoms with E-state index in [1.165, 1.54) is 12.3 Å². The van der Waals surface area contributed by atoms with Gasteiger partial charge in [0.2, 0.25) is 5.95 Å². The van der Waals surface area contributed by atoms with Crippen LogP contribution in [-0.2, 0) is 0 Å². The number of benzene rings is 1. The number of amides is 1. The van der Waals surface area contributed by atoms with Gasteiger partial charge in [0.15, 0.2) is 0 Å². The fourth-order valence-corrected chi connectivity index (χ4v) is 1.75. The van der Waals surface area contributed by atoms with Crippen LogP contribution in [0.25, 0.3) is 0 Å². The lowest BCUT2D eigenvalue weighted by molar-refractivity contribution is 0.0939. The van der Waals surface area contributed by atoms with E-state index in [0.717, 1.165) is 11.6 Å². The summed E-state index contributed by atoms with van der Waals surface area (Å²) in [4.78, 5) is 15.4. The summed E-state index contributed by atoms with van der Waals surface area (Å²) in [6.07, 6.45) is 1.18. The standard InChI is InChI=1S/C15H12FN3O/c1-10(12-4-2-3-11(7-12)8-17)19-15(20)13-5-6-14(16)18-9-13/h2-7,9-10H,1H3,(H,19,20)/t10-/m0/s1. The maximum atomic E-state index is 12.7. The van der Waals surface area contributed by atoms with E-state index in [1.807, 2.05) is 19.1 Å². The van der Waals surface area contributed by atoms with E-state index in [4.69, 9.17) is 5.26 Å². The first-order valence-corrected chi connectivity index (χ1v) is 6.02. The Labute approximate surface area is 115 Å². The summed E-state index contributed by atoms with van der Waals surface area (Å²) in [5.41, 5.74) is 1.65. The van der Waals surface area contributed by atoms with E-state index in [2.05, 4.69) is 10.3 Å². The molecule has 100 valence electrons. The molecule has 0 fully saturated rings. The lowest BCUT2D eigenvalue weighted by atomic mass is 10.1. The molecule has 1 aromatic heterocycles. The van der Waals surface area contributed by atoms with Gasteiger partial charge in [0.25, 0.3) is 5.91 Å². The Morgan fingerprint density at radius 3 is 2.85 bits per heavy atom. The van der Waals surface area contributed by atoms with Gasteiger partial charge >= 0.3 is 0 Å². The molecule has 0 aliphatic carbocycles. The monoisotopic (exact) mass is 269 g/mol. The fourth-order valence-electron chi connectivity index (χ4n) is 1.75. The minimum atomic E-state index is -0.628. The van der Waals surface area contributed by atoms with Crippen molar-refractivity contribution in [2.24, 2.45) is 0 Å². The number of halogens is 1. The maximum absolute atomic E-state index is 12.7. The molecular formula is C15H12FN3O. The molecule has 0 bridgehead atoms. The summed E-state index contributed by atoms with van der Waals surface area (Å²) in [5, 5.41) is 11.6. The van der Waals surface area contributed by atoms with Crippen LogP contribution in [0.1, 0.15) is 34.5 Å². The molecule has 2 aromatic rings. The molecule has 0 saturated carbocycles. The number of nitrogens with zero attached hydrogens (tertiary/aromatic N) is 2. The van der Waals surface area contributed by atoms with Crippen LogP contribution >= 0.6 is 0 Å². The predicted molar refractivity (Wildman–Crippen MR) is 71.2 cm³/mol. The average molecular weight is 269 g/mol. The Kier molecular flexibility index (Phi) is 4.06. The molecule has 5 heteroatoms. The molecule has 1 atom stereocenters. The summed E-state index contributed by atoms with van der Waals surface area (Å²) < 4.78 is 12.7. The number of carbonyl (C=O) groups is 1. The molecule has 1 heterocycles. The number of nitrogens with one attached hydrogen (secondary N) is 1. The van der Waals surface area contributed by atoms with Crippen molar-refractivity contribution in [3.63, 3.8) is 0 Å². The molecule has 20 heavy (non-hydrogen) atoms. The van der Waals surface area contributed by atoms with Gasteiger partial charge in [-0.25, -0.2) is 4.98 Å². The molecule has 0 saturated heterocycles. The van der Waals surface area contributed by atoms with E-state index < -0.39 is 5.95 Å². The molecule has 0 radical (unpaired) electrons. The highest BCUT2D eigenvalue weighted by Crippen LogP contribution is 2.14. The topological polar surface area (TPSA) is 65.8 Å². The number of rotatable bonds is 3. The summed E-state index contributed by atoms with van der Waals surface area (Å²) in [6, 6.07) is 11.3. The zero-order chi connectivity index (χ0) is 14.5. The minimum Gasteiger partial charge on any atom is -0.345 e. The van der Waals surface area contributed by atoms with Gasteiger partial charge in [0.05, 0.1) is 23.2 Å². The second kappa shape index (κ2) is 5.93. The van der Waals surface area contributed by atoms with Gasteiger partial charge in [-0.3, -0.25) is 4.79 Å². The summed E-state index contributed by atoms with van der Waals surface area (Å²) in [6.45, 7) is 1.81. The number of hydrogen-bond acceptors (Lipinski definition) is 3. The first-order valence-electron chi connectivity index (χ1n) is 6.02. The molecule has 4 nitrogen and oxygen atoms in total. The van der Waals surface area contributed by atoms with Crippen LogP contribution in [0.5, 0.6) is 0 Å². The van der Waals surface area contributed by atoms with Crippen molar-refractivity contribution < 1.29 is 9.18 Å². The Morgan fingerprint density at radius 2 is 2.20 bits per heavy atom. The third-order valence-electron chi connectivity index (χ3n) is 2.85. The van der Waals surface area contributed by atoms with Crippen LogP contribution in [0.2, 0.25) is 0 Å². The molecule has 0 spiro atoms. The highest BCUT2D eigenvalue weighted by Gasteiger charge is 2.12. The SMILES string of the molecule is C[C@H](NC(=O)c1ccc(F)nc1)c1cccc(C#N)c1. The number of aromatic nitrogens is 1. The molecule has 0 aliphatic rings. The van der Waals surface area contributed by atoms with Gasteiger partial charge < -0.3 is 5.32 Å². The van der Waals surface area contributed by atoms with Crippen molar-refractivity contribution in [1.82, 2.24) is 10.3 Å². The highest BCUT2D eigenvalue weighted by atomic mass is 19.1. The number of pyridine rings is 1. The lowest BCUT2D eigenvalue weighted by Crippen LogP contribution is -2.26. The Hall–Kier alpha value is -2.74. The number of nitriles is 1. The summed E-state index contributed by atoms with van der Waals surface area (Å²) >= 11 is 0. The van der Waals surface area contributed by atoms with E-state index in [-0.39, 0.29) is 17.5 Å². The normalized spacial score (nSPS) is 11.4. The first-order chi connectivity index (χ1) is 9.60. The maximum Gasteiger partial charge on any atom is 0.253 e. The predicted octanol–water partition coefficient (Wildman–Crippen LogP) is 2.58. The number of hydrogen-bond donors (Lipinski definition) is 1. The Balaban J connectivity index is 2.11. The van der Waals surface area contributed by atoms with E-state index in [9.17, 15) is 9.18 Å². The highest BCUT2D eigenvalue weighted by molar-refractivity contribution is 5.94. The second-order valence-electron chi connectivity index (χ2n) is 4.30. The van der Waals surface area contributed by atoms with Crippen LogP contribution in [-0.4, -0.2) is 10.9 Å².